The Morgan fingerprint density at radius 1 is 0.183 bits per heavy atom. The van der Waals surface area contributed by atoms with Gasteiger partial charge in [0.25, 0.3) is 0 Å². The molecular formula is C104H64F12N4. The molecule has 0 unspecified atom stereocenters. The number of fused-ring (bicyclic) bond motifs is 10. The van der Waals surface area contributed by atoms with Gasteiger partial charge in [0.05, 0.1) is 50.0 Å². The summed E-state index contributed by atoms with van der Waals surface area (Å²) in [5.41, 5.74) is 11.0. The van der Waals surface area contributed by atoms with Crippen LogP contribution in [0, 0.1) is 0 Å². The van der Waals surface area contributed by atoms with Crippen molar-refractivity contribution < 1.29 is 52.7 Å². The normalized spacial score (nSPS) is 12.2. The molecule has 0 saturated heterocycles. The SMILES string of the molecule is FC(F)(F)c1cccc(-c2c3ccccc3c(-c3cccc(C(F)(F)F)c3)c3c(N(c4ccccc4)c4ccc5c(c4)c4ccccc4n5-c4ccccc4)cccc23)c1.FC(F)(F)c1cccc(-c2c3ccccc3c(-c3cccc(C(F)(F)F)c3)c3cc(N(c4ccccc4)c4ccc5c(c4)c4ccccc4n5-c4ccccc4)ccc23)c1. The Bertz CT molecular complexity index is 7280. The number of rotatable bonds is 12. The highest BCUT2D eigenvalue weighted by molar-refractivity contribution is 6.26. The second kappa shape index (κ2) is 29.8. The number of hydrogen-bond donors (Lipinski definition) is 0. The van der Waals surface area contributed by atoms with E-state index in [0.29, 0.717) is 99.0 Å². The minimum absolute atomic E-state index is 0.323. The molecule has 584 valence electrons. The van der Waals surface area contributed by atoms with Crippen LogP contribution >= 0.6 is 0 Å². The van der Waals surface area contributed by atoms with E-state index in [2.05, 4.69) is 97.8 Å². The van der Waals surface area contributed by atoms with Crippen LogP contribution < -0.4 is 9.80 Å². The van der Waals surface area contributed by atoms with E-state index < -0.39 is 47.0 Å². The lowest BCUT2D eigenvalue weighted by atomic mass is 9.84. The first-order valence-corrected chi connectivity index (χ1v) is 38.6. The van der Waals surface area contributed by atoms with Gasteiger partial charge in [0, 0.05) is 66.7 Å². The van der Waals surface area contributed by atoms with Crippen molar-refractivity contribution in [3.8, 4) is 55.9 Å². The third kappa shape index (κ3) is 13.6. The minimum atomic E-state index is -4.62. The molecule has 0 amide bonds. The highest BCUT2D eigenvalue weighted by atomic mass is 19.4. The van der Waals surface area contributed by atoms with Crippen molar-refractivity contribution in [1.82, 2.24) is 9.13 Å². The average molecular weight is 1600 g/mol. The van der Waals surface area contributed by atoms with Crippen molar-refractivity contribution in [2.75, 3.05) is 9.80 Å². The fraction of sp³-hybridized carbons (Fsp3) is 0.0385. The highest BCUT2D eigenvalue weighted by Gasteiger charge is 2.36. The molecule has 20 rings (SSSR count). The predicted molar refractivity (Wildman–Crippen MR) is 463 cm³/mol. The standard InChI is InChI=1S/2C52H32F6N2/c53-51(54,55)35-16-11-14-33(30-35)48-41-23-7-8-24-42(41)49(34-15-12-17-36(31-34)52(56,57)58)50-43(48)25-13-27-47(50)59(37-18-3-1-4-19-37)39-28-29-46-44(32-39)40-22-9-10-26-45(40)60(46)38-20-5-2-6-21-38;53-51(54,55)35-15-11-13-33(29-35)49-42-22-7-8-23-43(42)50(34-14-12-16-36(30-34)52(56,57)58)46-32-39(25-27-44(46)49)59(37-17-3-1-4-18-37)40-26-28-48-45(31-40)41-21-9-10-24-47(41)60(48)38-19-5-2-6-20-38/h2*1-32H. The lowest BCUT2D eigenvalue weighted by Crippen LogP contribution is -2.11. The Kier molecular flexibility index (Phi) is 18.7. The molecule has 2 aromatic heterocycles. The Morgan fingerprint density at radius 3 is 0.875 bits per heavy atom. The second-order valence-corrected chi connectivity index (χ2v) is 29.5. The maximum atomic E-state index is 14.4. The maximum Gasteiger partial charge on any atom is 0.416 e. The van der Waals surface area contributed by atoms with Gasteiger partial charge in [-0.3, -0.25) is 0 Å². The summed E-state index contributed by atoms with van der Waals surface area (Å²) in [5, 5.41) is 8.88. The summed E-state index contributed by atoms with van der Waals surface area (Å²) in [7, 11) is 0. The van der Waals surface area contributed by atoms with E-state index in [0.717, 1.165) is 126 Å². The van der Waals surface area contributed by atoms with Crippen molar-refractivity contribution >= 4 is 121 Å². The molecule has 0 atom stereocenters. The molecule has 0 aliphatic carbocycles. The molecule has 0 bridgehead atoms. The first-order valence-electron chi connectivity index (χ1n) is 38.6. The van der Waals surface area contributed by atoms with E-state index >= 15 is 0 Å². The molecule has 0 aliphatic heterocycles. The molecule has 0 aliphatic rings. The summed E-state index contributed by atoms with van der Waals surface area (Å²) < 4.78 is 176. The molecular weight excluding hydrogens is 1530 g/mol. The number of anilines is 6. The number of hydrogen-bond acceptors (Lipinski definition) is 2. The van der Waals surface area contributed by atoms with Crippen LogP contribution in [-0.4, -0.2) is 9.13 Å². The van der Waals surface area contributed by atoms with Crippen LogP contribution in [0.3, 0.4) is 0 Å². The first-order chi connectivity index (χ1) is 58.1. The van der Waals surface area contributed by atoms with Gasteiger partial charge in [-0.05, 0) is 246 Å². The summed E-state index contributed by atoms with van der Waals surface area (Å²) in [6, 6.07) is 115. The van der Waals surface area contributed by atoms with Gasteiger partial charge in [0.15, 0.2) is 0 Å². The number of benzene rings is 18. The average Bonchev–Trinajstić information content (AvgIpc) is 0.988. The fourth-order valence-corrected chi connectivity index (χ4v) is 17.3. The zero-order valence-corrected chi connectivity index (χ0v) is 63.3. The van der Waals surface area contributed by atoms with Crippen LogP contribution in [0.2, 0.25) is 0 Å². The summed E-state index contributed by atoms with van der Waals surface area (Å²) in [6.07, 6.45) is -18.4. The molecule has 20 aromatic rings. The van der Waals surface area contributed by atoms with E-state index in [1.165, 1.54) is 24.3 Å². The molecule has 16 heteroatoms. The summed E-state index contributed by atoms with van der Waals surface area (Å²) in [4.78, 5) is 4.18. The number of para-hydroxylation sites is 6. The summed E-state index contributed by atoms with van der Waals surface area (Å²) >= 11 is 0. The van der Waals surface area contributed by atoms with Gasteiger partial charge in [0.1, 0.15) is 0 Å². The Balaban J connectivity index is 0.000000159. The predicted octanol–water partition coefficient (Wildman–Crippen LogP) is 31.9. The van der Waals surface area contributed by atoms with Crippen LogP contribution in [0.25, 0.3) is 143 Å². The molecule has 0 fully saturated rings. The molecule has 0 radical (unpaired) electrons. The smallest absolute Gasteiger partial charge is 0.310 e. The third-order valence-electron chi connectivity index (χ3n) is 22.3. The highest BCUT2D eigenvalue weighted by Crippen LogP contribution is 2.54. The van der Waals surface area contributed by atoms with Crippen LogP contribution in [0.15, 0.2) is 388 Å². The van der Waals surface area contributed by atoms with Crippen molar-refractivity contribution in [2.24, 2.45) is 0 Å². The molecule has 4 nitrogen and oxygen atoms in total. The van der Waals surface area contributed by atoms with Gasteiger partial charge in [-0.15, -0.1) is 0 Å². The largest absolute Gasteiger partial charge is 0.416 e. The molecule has 18 aromatic carbocycles. The van der Waals surface area contributed by atoms with Crippen LogP contribution in [0.1, 0.15) is 22.3 Å². The van der Waals surface area contributed by atoms with Crippen LogP contribution in [0.5, 0.6) is 0 Å². The molecule has 120 heavy (non-hydrogen) atoms. The Labute approximate surface area is 679 Å². The minimum Gasteiger partial charge on any atom is -0.310 e. The molecule has 0 spiro atoms. The summed E-state index contributed by atoms with van der Waals surface area (Å²) in [6.45, 7) is 0. The lowest BCUT2D eigenvalue weighted by Gasteiger charge is -2.29. The quantitative estimate of drug-likeness (QED) is 0.0895. The van der Waals surface area contributed by atoms with Gasteiger partial charge in [-0.2, -0.15) is 52.7 Å². The van der Waals surface area contributed by atoms with Crippen molar-refractivity contribution in [3.05, 3.63) is 411 Å². The van der Waals surface area contributed by atoms with Gasteiger partial charge in [-0.1, -0.05) is 224 Å². The van der Waals surface area contributed by atoms with E-state index in [-0.39, 0.29) is 0 Å². The zero-order valence-electron chi connectivity index (χ0n) is 63.3. The van der Waals surface area contributed by atoms with E-state index in [1.807, 2.05) is 188 Å². The lowest BCUT2D eigenvalue weighted by molar-refractivity contribution is -0.138. The zero-order chi connectivity index (χ0) is 82.3. The molecule has 2 heterocycles. The van der Waals surface area contributed by atoms with Crippen LogP contribution in [0.4, 0.5) is 86.8 Å². The third-order valence-corrected chi connectivity index (χ3v) is 22.3. The van der Waals surface area contributed by atoms with Crippen molar-refractivity contribution in [1.29, 1.82) is 0 Å². The van der Waals surface area contributed by atoms with Crippen LogP contribution in [-0.2, 0) is 24.7 Å². The first kappa shape index (κ1) is 75.4. The number of nitrogens with zero attached hydrogens (tertiary/aromatic N) is 4. The van der Waals surface area contributed by atoms with E-state index in [9.17, 15) is 52.7 Å². The van der Waals surface area contributed by atoms with E-state index in [4.69, 9.17) is 0 Å². The van der Waals surface area contributed by atoms with Gasteiger partial charge in [-0.25, -0.2) is 0 Å². The molecule has 0 N–H and O–H groups in total. The number of halogens is 12. The van der Waals surface area contributed by atoms with Crippen molar-refractivity contribution in [2.45, 2.75) is 24.7 Å². The van der Waals surface area contributed by atoms with Gasteiger partial charge >= 0.3 is 24.7 Å². The van der Waals surface area contributed by atoms with Gasteiger partial charge in [0.2, 0.25) is 0 Å². The van der Waals surface area contributed by atoms with E-state index in [1.54, 1.807) is 48.5 Å². The monoisotopic (exact) mass is 1600 g/mol. The number of alkyl halides is 12. The summed E-state index contributed by atoms with van der Waals surface area (Å²) in [5.74, 6) is 0. The Morgan fingerprint density at radius 2 is 0.467 bits per heavy atom. The Hall–Kier alpha value is -14.6. The van der Waals surface area contributed by atoms with Crippen molar-refractivity contribution in [3.63, 3.8) is 0 Å². The number of aromatic nitrogens is 2. The maximum absolute atomic E-state index is 14.4. The topological polar surface area (TPSA) is 16.3 Å². The fourth-order valence-electron chi connectivity index (χ4n) is 17.3. The van der Waals surface area contributed by atoms with Gasteiger partial charge < -0.3 is 18.9 Å². The second-order valence-electron chi connectivity index (χ2n) is 29.5. The molecule has 0 saturated carbocycles.